The van der Waals surface area contributed by atoms with Crippen LogP contribution in [0.15, 0.2) is 70.9 Å². The van der Waals surface area contributed by atoms with Crippen molar-refractivity contribution < 1.29 is 36.6 Å². The third-order valence-electron chi connectivity index (χ3n) is 6.81. The standard InChI is InChI=1S/C28H27Cl2N3O7S2/c1-2-31-23-16-21(29)22(30)17-24(23)32(11-6-13-41-40-39-34)27(31)18-28-33(12-14-42(35,36)37)25-15-20(9-10-26(25)38-28)19-7-4-3-5-8-19/h3-5,7-10,15-18H,2,6,11-14H2,1H3,(H-,34,35,36,37)/p-1. The monoisotopic (exact) mass is 650 g/mol. The molecular weight excluding hydrogens is 625 g/mol. The van der Waals surface area contributed by atoms with Gasteiger partial charge in [0.15, 0.2) is 6.54 Å². The first-order valence-corrected chi connectivity index (χ1v) is 16.2. The number of fused-ring (bicyclic) bond motifs is 2. The second-order valence-electron chi connectivity index (χ2n) is 9.37. The van der Waals surface area contributed by atoms with Gasteiger partial charge in [0.05, 0.1) is 33.2 Å². The summed E-state index contributed by atoms with van der Waals surface area (Å²) < 4.78 is 47.4. The number of aryl methyl sites for hydroxylation is 1. The number of halogens is 2. The Labute approximate surface area is 257 Å². The first kappa shape index (κ1) is 30.6. The minimum Gasteiger partial charge on any atom is -0.748 e. The lowest BCUT2D eigenvalue weighted by molar-refractivity contribution is -0.777. The van der Waals surface area contributed by atoms with Crippen molar-refractivity contribution in [1.29, 1.82) is 0 Å². The maximum Gasteiger partial charge on any atom is 0.377 e. The number of aromatic nitrogens is 1. The number of hydrogen-bond acceptors (Lipinski definition) is 10. The maximum atomic E-state index is 11.7. The van der Waals surface area contributed by atoms with Crippen molar-refractivity contribution in [3.05, 3.63) is 82.4 Å². The van der Waals surface area contributed by atoms with Crippen LogP contribution < -0.4 is 19.6 Å². The van der Waals surface area contributed by atoms with Gasteiger partial charge in [-0.1, -0.05) is 59.6 Å². The van der Waals surface area contributed by atoms with Crippen LogP contribution in [0.4, 0.5) is 11.4 Å². The molecule has 0 unspecified atom stereocenters. The van der Waals surface area contributed by atoms with Gasteiger partial charge in [-0.3, -0.25) is 5.04 Å². The fourth-order valence-corrected chi connectivity index (χ4v) is 6.05. The highest BCUT2D eigenvalue weighted by Gasteiger charge is 2.34. The molecule has 0 bridgehead atoms. The van der Waals surface area contributed by atoms with E-state index in [2.05, 4.69) is 9.37 Å². The molecule has 5 rings (SSSR count). The summed E-state index contributed by atoms with van der Waals surface area (Å²) in [6.45, 7) is 2.97. The van der Waals surface area contributed by atoms with E-state index in [1.54, 1.807) is 16.7 Å². The molecule has 0 spiro atoms. The van der Waals surface area contributed by atoms with E-state index in [1.165, 1.54) is 0 Å². The van der Waals surface area contributed by atoms with Crippen LogP contribution in [0.1, 0.15) is 19.2 Å². The lowest BCUT2D eigenvalue weighted by Gasteiger charge is -2.24. The highest BCUT2D eigenvalue weighted by Crippen LogP contribution is 2.46. The van der Waals surface area contributed by atoms with Crippen molar-refractivity contribution in [2.24, 2.45) is 0 Å². The van der Waals surface area contributed by atoms with E-state index < -0.39 is 15.9 Å². The van der Waals surface area contributed by atoms with Crippen molar-refractivity contribution >= 4 is 73.9 Å². The first-order valence-electron chi connectivity index (χ1n) is 13.0. The van der Waals surface area contributed by atoms with Crippen LogP contribution in [0, 0.1) is 0 Å². The number of oxazole rings is 1. The van der Waals surface area contributed by atoms with Crippen LogP contribution >= 0.6 is 35.2 Å². The van der Waals surface area contributed by atoms with Crippen molar-refractivity contribution in [2.75, 3.05) is 34.4 Å². The molecule has 4 aromatic rings. The van der Waals surface area contributed by atoms with Crippen LogP contribution in [-0.2, 0) is 26.0 Å². The molecule has 222 valence electrons. The van der Waals surface area contributed by atoms with E-state index in [0.29, 0.717) is 52.3 Å². The normalized spacial score (nSPS) is 14.4. The first-order chi connectivity index (χ1) is 20.2. The summed E-state index contributed by atoms with van der Waals surface area (Å²) in [6, 6.07) is 19.0. The molecule has 0 saturated carbocycles. The molecule has 1 aliphatic heterocycles. The minimum absolute atomic E-state index is 0.101. The minimum atomic E-state index is -4.50. The zero-order valence-electron chi connectivity index (χ0n) is 22.4. The molecule has 0 N–H and O–H groups in total. The van der Waals surface area contributed by atoms with Crippen LogP contribution in [0.25, 0.3) is 28.3 Å². The molecule has 3 aromatic carbocycles. The summed E-state index contributed by atoms with van der Waals surface area (Å²) in [6.07, 6.45) is 2.42. The Morgan fingerprint density at radius 3 is 2.40 bits per heavy atom. The Morgan fingerprint density at radius 1 is 1.02 bits per heavy atom. The average Bonchev–Trinajstić information content (AvgIpc) is 3.45. The summed E-state index contributed by atoms with van der Waals surface area (Å²) in [5.41, 5.74) is 4.73. The summed E-state index contributed by atoms with van der Waals surface area (Å²) in [4.78, 5) is 4.08. The lowest BCUT2D eigenvalue weighted by Crippen LogP contribution is -2.39. The van der Waals surface area contributed by atoms with Gasteiger partial charge in [0.25, 0.3) is 5.52 Å². The third kappa shape index (κ3) is 6.71. The summed E-state index contributed by atoms with van der Waals surface area (Å²) in [5, 5.41) is 14.4. The second-order valence-corrected chi connectivity index (χ2v) is 12.5. The summed E-state index contributed by atoms with van der Waals surface area (Å²) >= 11 is 13.7. The van der Waals surface area contributed by atoms with Gasteiger partial charge in [0.2, 0.25) is 5.58 Å². The average molecular weight is 652 g/mol. The van der Waals surface area contributed by atoms with Crippen molar-refractivity contribution in [3.8, 4) is 11.1 Å². The van der Waals surface area contributed by atoms with E-state index in [4.69, 9.17) is 27.6 Å². The molecule has 10 nitrogen and oxygen atoms in total. The highest BCUT2D eigenvalue weighted by atomic mass is 35.5. The van der Waals surface area contributed by atoms with Crippen molar-refractivity contribution in [1.82, 2.24) is 0 Å². The molecule has 0 radical (unpaired) electrons. The van der Waals surface area contributed by atoms with Gasteiger partial charge in [0.1, 0.15) is 15.9 Å². The molecule has 2 heterocycles. The van der Waals surface area contributed by atoms with Gasteiger partial charge >= 0.3 is 5.89 Å². The smallest absolute Gasteiger partial charge is 0.377 e. The molecule has 1 aliphatic rings. The van der Waals surface area contributed by atoms with Gasteiger partial charge in [-0.05, 0) is 42.7 Å². The SMILES string of the molecule is CCN1/C(=C\c2oc3ccc(-c4ccccc4)cc3[n+]2CCS(=O)(=O)[O-])N(CCCSOO[O-])c2cc(Cl)c(Cl)cc21. The molecular formula is C28H26Cl2N3O7S2-. The van der Waals surface area contributed by atoms with Gasteiger partial charge in [-0.25, -0.2) is 8.42 Å². The van der Waals surface area contributed by atoms with Crippen molar-refractivity contribution in [2.45, 2.75) is 19.9 Å². The van der Waals surface area contributed by atoms with Crippen LogP contribution in [0.3, 0.4) is 0 Å². The van der Waals surface area contributed by atoms with Gasteiger partial charge in [-0.15, -0.1) is 0 Å². The fraction of sp³-hybridized carbons (Fsp3) is 0.250. The Hall–Kier alpha value is -2.81. The maximum absolute atomic E-state index is 11.7. The van der Waals surface area contributed by atoms with E-state index in [-0.39, 0.29) is 6.54 Å². The van der Waals surface area contributed by atoms with Gasteiger partial charge in [0, 0.05) is 37.0 Å². The predicted octanol–water partition coefficient (Wildman–Crippen LogP) is 5.15. The molecule has 42 heavy (non-hydrogen) atoms. The zero-order chi connectivity index (χ0) is 29.9. The van der Waals surface area contributed by atoms with E-state index in [1.807, 2.05) is 71.3 Å². The van der Waals surface area contributed by atoms with Crippen LogP contribution in [0.2, 0.25) is 10.0 Å². The molecule has 0 atom stereocenters. The number of rotatable bonds is 12. The predicted molar refractivity (Wildman–Crippen MR) is 160 cm³/mol. The Kier molecular flexibility index (Phi) is 9.65. The molecule has 0 fully saturated rings. The molecule has 0 aliphatic carbocycles. The van der Waals surface area contributed by atoms with E-state index in [9.17, 15) is 18.2 Å². The number of benzene rings is 3. The zero-order valence-corrected chi connectivity index (χ0v) is 25.5. The van der Waals surface area contributed by atoms with Crippen molar-refractivity contribution in [3.63, 3.8) is 0 Å². The lowest BCUT2D eigenvalue weighted by atomic mass is 10.1. The molecule has 1 aromatic heterocycles. The molecule has 0 saturated heterocycles. The Balaban J connectivity index is 1.62. The fourth-order valence-electron chi connectivity index (χ4n) is 4.97. The Morgan fingerprint density at radius 2 is 1.74 bits per heavy atom. The third-order valence-corrected chi connectivity index (χ3v) is 8.82. The Bertz CT molecular complexity index is 1720. The number of hydrogen-bond donors (Lipinski definition) is 0. The molecule has 0 amide bonds. The van der Waals surface area contributed by atoms with Gasteiger partial charge in [-0.2, -0.15) is 8.90 Å². The summed E-state index contributed by atoms with van der Waals surface area (Å²) in [7, 11) is -4.50. The van der Waals surface area contributed by atoms with Crippen LogP contribution in [0.5, 0.6) is 0 Å². The van der Waals surface area contributed by atoms with Crippen LogP contribution in [-0.4, -0.2) is 37.6 Å². The van der Waals surface area contributed by atoms with Gasteiger partial charge < -0.3 is 24.0 Å². The quantitative estimate of drug-likeness (QED) is 0.0508. The summed E-state index contributed by atoms with van der Waals surface area (Å²) in [5.74, 6) is 0.963. The highest BCUT2D eigenvalue weighted by molar-refractivity contribution is 7.94. The van der Waals surface area contributed by atoms with E-state index >= 15 is 0 Å². The second kappa shape index (κ2) is 13.2. The largest absolute Gasteiger partial charge is 0.748 e. The van der Waals surface area contributed by atoms with E-state index in [0.717, 1.165) is 40.4 Å². The topological polar surface area (TPSA) is 122 Å². The molecule has 14 heteroatoms. The number of nitrogens with zero attached hydrogens (tertiary/aromatic N) is 3. The number of anilines is 2.